The molecule has 0 unspecified atom stereocenters. The van der Waals surface area contributed by atoms with Crippen molar-refractivity contribution in [2.45, 2.75) is 19.9 Å². The second-order valence-corrected chi connectivity index (χ2v) is 4.97. The van der Waals surface area contributed by atoms with Crippen molar-refractivity contribution in [2.75, 3.05) is 6.54 Å². The molecule has 3 N–H and O–H groups in total. The summed E-state index contributed by atoms with van der Waals surface area (Å²) in [5.41, 5.74) is 0.791. The molecule has 0 atom stereocenters. The van der Waals surface area contributed by atoms with Crippen molar-refractivity contribution in [1.29, 1.82) is 0 Å². The van der Waals surface area contributed by atoms with Gasteiger partial charge in [-0.3, -0.25) is 0 Å². The van der Waals surface area contributed by atoms with Crippen LogP contribution in [0.1, 0.15) is 18.9 Å². The quantitative estimate of drug-likeness (QED) is 0.690. The van der Waals surface area contributed by atoms with Crippen LogP contribution in [-0.4, -0.2) is 20.1 Å². The maximum absolute atomic E-state index is 11.4. The fraction of sp³-hybridized carbons (Fsp3) is 0.400. The van der Waals surface area contributed by atoms with Gasteiger partial charge in [0.1, 0.15) is 5.75 Å². The average molecular weight is 244 g/mol. The van der Waals surface area contributed by atoms with Crippen LogP contribution in [0.5, 0.6) is 5.75 Å². The van der Waals surface area contributed by atoms with Gasteiger partial charge >= 0.3 is 0 Å². The Bertz CT molecular complexity index is 414. The number of nitrogens with one attached hydrogen (secondary N) is 2. The molecule has 0 aromatic heterocycles. The lowest BCUT2D eigenvalue weighted by atomic mass is 10.2. The lowest BCUT2D eigenvalue weighted by Gasteiger charge is -2.07. The van der Waals surface area contributed by atoms with E-state index in [1.807, 2.05) is 6.92 Å². The minimum Gasteiger partial charge on any atom is -0.508 e. The van der Waals surface area contributed by atoms with E-state index in [2.05, 4.69) is 9.44 Å². The zero-order valence-corrected chi connectivity index (χ0v) is 9.92. The van der Waals surface area contributed by atoms with Gasteiger partial charge in [0, 0.05) is 13.1 Å². The van der Waals surface area contributed by atoms with E-state index in [-0.39, 0.29) is 12.3 Å². The molecule has 0 heterocycles. The van der Waals surface area contributed by atoms with Gasteiger partial charge in [0.25, 0.3) is 10.2 Å². The molecular formula is C10H16N2O3S. The number of hydrogen-bond acceptors (Lipinski definition) is 3. The Kier molecular flexibility index (Phi) is 4.72. The third kappa shape index (κ3) is 4.61. The molecule has 0 saturated heterocycles. The highest BCUT2D eigenvalue weighted by atomic mass is 32.2. The first kappa shape index (κ1) is 13.0. The molecule has 16 heavy (non-hydrogen) atoms. The van der Waals surface area contributed by atoms with Crippen LogP contribution in [0.3, 0.4) is 0 Å². The standard InChI is InChI=1S/C10H16N2O3S/c1-2-7-11-16(14,15)12-8-9-3-5-10(13)6-4-9/h3-6,11-13H,2,7-8H2,1H3. The molecule has 6 heteroatoms. The highest BCUT2D eigenvalue weighted by Crippen LogP contribution is 2.09. The summed E-state index contributed by atoms with van der Waals surface area (Å²) in [6.07, 6.45) is 0.750. The second-order valence-electron chi connectivity index (χ2n) is 3.39. The first-order chi connectivity index (χ1) is 7.53. The largest absolute Gasteiger partial charge is 0.508 e. The van der Waals surface area contributed by atoms with E-state index in [1.54, 1.807) is 12.1 Å². The zero-order valence-electron chi connectivity index (χ0n) is 9.10. The molecule has 0 fully saturated rings. The zero-order chi connectivity index (χ0) is 12.0. The van der Waals surface area contributed by atoms with E-state index in [0.29, 0.717) is 6.54 Å². The molecular weight excluding hydrogens is 228 g/mol. The van der Waals surface area contributed by atoms with Crippen molar-refractivity contribution >= 4 is 10.2 Å². The fourth-order valence-electron chi connectivity index (χ4n) is 1.08. The Morgan fingerprint density at radius 3 is 2.38 bits per heavy atom. The van der Waals surface area contributed by atoms with Crippen LogP contribution in [0.15, 0.2) is 24.3 Å². The first-order valence-electron chi connectivity index (χ1n) is 5.05. The SMILES string of the molecule is CCCNS(=O)(=O)NCc1ccc(O)cc1. The Hall–Kier alpha value is -1.11. The van der Waals surface area contributed by atoms with Gasteiger partial charge in [0.15, 0.2) is 0 Å². The van der Waals surface area contributed by atoms with Gasteiger partial charge in [0.2, 0.25) is 0 Å². The molecule has 0 aliphatic heterocycles. The monoisotopic (exact) mass is 244 g/mol. The number of phenolic OH excluding ortho intramolecular Hbond substituents is 1. The van der Waals surface area contributed by atoms with E-state index >= 15 is 0 Å². The van der Waals surface area contributed by atoms with E-state index < -0.39 is 10.2 Å². The van der Waals surface area contributed by atoms with Crippen molar-refractivity contribution < 1.29 is 13.5 Å². The summed E-state index contributed by atoms with van der Waals surface area (Å²) < 4.78 is 27.5. The molecule has 1 aromatic rings. The van der Waals surface area contributed by atoms with Crippen LogP contribution in [0.25, 0.3) is 0 Å². The molecule has 0 bridgehead atoms. The molecule has 0 radical (unpaired) electrons. The van der Waals surface area contributed by atoms with E-state index in [1.165, 1.54) is 12.1 Å². The summed E-state index contributed by atoms with van der Waals surface area (Å²) in [6, 6.07) is 6.36. The van der Waals surface area contributed by atoms with Gasteiger partial charge in [0.05, 0.1) is 0 Å². The first-order valence-corrected chi connectivity index (χ1v) is 6.54. The number of aromatic hydroxyl groups is 1. The Labute approximate surface area is 95.7 Å². The highest BCUT2D eigenvalue weighted by molar-refractivity contribution is 7.87. The summed E-state index contributed by atoms with van der Waals surface area (Å²) in [6.45, 7) is 2.52. The van der Waals surface area contributed by atoms with Gasteiger partial charge in [-0.05, 0) is 24.1 Å². The van der Waals surface area contributed by atoms with Crippen LogP contribution < -0.4 is 9.44 Å². The lowest BCUT2D eigenvalue weighted by molar-refractivity contribution is 0.475. The maximum Gasteiger partial charge on any atom is 0.277 e. The third-order valence-corrected chi connectivity index (χ3v) is 3.05. The van der Waals surface area contributed by atoms with Crippen molar-refractivity contribution in [3.05, 3.63) is 29.8 Å². The summed E-state index contributed by atoms with van der Waals surface area (Å²) in [7, 11) is -3.41. The normalized spacial score (nSPS) is 11.6. The summed E-state index contributed by atoms with van der Waals surface area (Å²) in [4.78, 5) is 0. The van der Waals surface area contributed by atoms with Gasteiger partial charge in [-0.1, -0.05) is 19.1 Å². The Balaban J connectivity index is 2.48. The maximum atomic E-state index is 11.4. The molecule has 5 nitrogen and oxygen atoms in total. The van der Waals surface area contributed by atoms with Crippen LogP contribution >= 0.6 is 0 Å². The molecule has 0 saturated carbocycles. The Morgan fingerprint density at radius 1 is 1.19 bits per heavy atom. The van der Waals surface area contributed by atoms with Gasteiger partial charge in [-0.2, -0.15) is 13.1 Å². The number of hydrogen-bond donors (Lipinski definition) is 3. The summed E-state index contributed by atoms with van der Waals surface area (Å²) in [5.74, 6) is 0.163. The summed E-state index contributed by atoms with van der Waals surface area (Å²) in [5, 5.41) is 9.05. The fourth-order valence-corrected chi connectivity index (χ4v) is 2.01. The smallest absolute Gasteiger partial charge is 0.277 e. The van der Waals surface area contributed by atoms with Gasteiger partial charge < -0.3 is 5.11 Å². The second kappa shape index (κ2) is 5.83. The van der Waals surface area contributed by atoms with E-state index in [0.717, 1.165) is 12.0 Å². The molecule has 1 aromatic carbocycles. The van der Waals surface area contributed by atoms with Crippen molar-refractivity contribution in [3.8, 4) is 5.75 Å². The predicted molar refractivity (Wildman–Crippen MR) is 62.2 cm³/mol. The molecule has 0 aliphatic rings. The van der Waals surface area contributed by atoms with E-state index in [4.69, 9.17) is 5.11 Å². The topological polar surface area (TPSA) is 78.4 Å². The van der Waals surface area contributed by atoms with Crippen molar-refractivity contribution in [2.24, 2.45) is 0 Å². The number of benzene rings is 1. The average Bonchev–Trinajstić information content (AvgIpc) is 2.26. The van der Waals surface area contributed by atoms with E-state index in [9.17, 15) is 8.42 Å². The van der Waals surface area contributed by atoms with Crippen LogP contribution in [0, 0.1) is 0 Å². The van der Waals surface area contributed by atoms with Gasteiger partial charge in [-0.15, -0.1) is 0 Å². The molecule has 0 spiro atoms. The van der Waals surface area contributed by atoms with Crippen LogP contribution in [0.2, 0.25) is 0 Å². The molecule has 0 aliphatic carbocycles. The third-order valence-electron chi connectivity index (χ3n) is 1.94. The number of rotatable bonds is 6. The Morgan fingerprint density at radius 2 is 1.81 bits per heavy atom. The van der Waals surface area contributed by atoms with Crippen molar-refractivity contribution in [1.82, 2.24) is 9.44 Å². The number of phenols is 1. The minimum absolute atomic E-state index is 0.163. The van der Waals surface area contributed by atoms with Crippen LogP contribution in [0.4, 0.5) is 0 Å². The van der Waals surface area contributed by atoms with Crippen LogP contribution in [-0.2, 0) is 16.8 Å². The predicted octanol–water partition coefficient (Wildman–Crippen LogP) is 0.726. The van der Waals surface area contributed by atoms with Crippen molar-refractivity contribution in [3.63, 3.8) is 0 Å². The minimum atomic E-state index is -3.41. The highest BCUT2D eigenvalue weighted by Gasteiger charge is 2.07. The lowest BCUT2D eigenvalue weighted by Crippen LogP contribution is -2.36. The molecule has 0 amide bonds. The summed E-state index contributed by atoms with van der Waals surface area (Å²) >= 11 is 0. The molecule has 1 rings (SSSR count). The van der Waals surface area contributed by atoms with Gasteiger partial charge in [-0.25, -0.2) is 4.72 Å². The molecule has 90 valence electrons.